The van der Waals surface area contributed by atoms with Gasteiger partial charge in [0.1, 0.15) is 5.82 Å². The van der Waals surface area contributed by atoms with Crippen LogP contribution in [0.1, 0.15) is 32.3 Å². The summed E-state index contributed by atoms with van der Waals surface area (Å²) in [4.78, 5) is -0.311. The standard InChI is InChI=1S/C23H29F4N3O3S/c1-16(2)14-30(19-5-3-18(4-6-19)23(25,26)27)34(31,32)20-7-8-22(21(24)13-20)29(28)15-17-9-11-33-12-10-17/h3-8,13,16-17H,9-12,14-15,28H2,1-2H3. The van der Waals surface area contributed by atoms with Crippen LogP contribution in [0.4, 0.5) is 28.9 Å². The van der Waals surface area contributed by atoms with E-state index < -0.39 is 27.6 Å². The quantitative estimate of drug-likeness (QED) is 0.318. The lowest BCUT2D eigenvalue weighted by Crippen LogP contribution is -2.38. The lowest BCUT2D eigenvalue weighted by atomic mass is 10.00. The number of hydrogen-bond donors (Lipinski definition) is 1. The molecule has 2 aromatic rings. The molecule has 0 saturated carbocycles. The van der Waals surface area contributed by atoms with Crippen LogP contribution in [0.3, 0.4) is 0 Å². The second-order valence-corrected chi connectivity index (χ2v) is 10.7. The number of hydrogen-bond acceptors (Lipinski definition) is 5. The average Bonchev–Trinajstić information content (AvgIpc) is 2.77. The highest BCUT2D eigenvalue weighted by Gasteiger charge is 2.32. The summed E-state index contributed by atoms with van der Waals surface area (Å²) in [5, 5.41) is 1.27. The van der Waals surface area contributed by atoms with Crippen molar-refractivity contribution in [3.8, 4) is 0 Å². The first-order chi connectivity index (χ1) is 15.9. The Morgan fingerprint density at radius 1 is 1.09 bits per heavy atom. The third-order valence-corrected chi connectivity index (χ3v) is 7.42. The first-order valence-corrected chi connectivity index (χ1v) is 12.4. The maximum Gasteiger partial charge on any atom is 0.416 e. The smallest absolute Gasteiger partial charge is 0.381 e. The molecule has 0 bridgehead atoms. The van der Waals surface area contributed by atoms with Crippen molar-refractivity contribution in [2.24, 2.45) is 17.7 Å². The fraction of sp³-hybridized carbons (Fsp3) is 0.478. The summed E-state index contributed by atoms with van der Waals surface area (Å²) in [6.07, 6.45) is -2.93. The largest absolute Gasteiger partial charge is 0.416 e. The number of nitrogens with two attached hydrogens (primary N) is 1. The molecule has 0 aliphatic carbocycles. The van der Waals surface area contributed by atoms with Gasteiger partial charge in [-0.1, -0.05) is 13.8 Å². The Balaban J connectivity index is 1.88. The maximum atomic E-state index is 14.9. The molecular formula is C23H29F4N3O3S. The highest BCUT2D eigenvalue weighted by molar-refractivity contribution is 7.92. The van der Waals surface area contributed by atoms with Gasteiger partial charge in [-0.25, -0.2) is 18.7 Å². The number of anilines is 2. The van der Waals surface area contributed by atoms with Crippen molar-refractivity contribution < 1.29 is 30.7 Å². The third kappa shape index (κ3) is 6.19. The molecule has 188 valence electrons. The summed E-state index contributed by atoms with van der Waals surface area (Å²) >= 11 is 0. The molecule has 0 unspecified atom stereocenters. The van der Waals surface area contributed by atoms with Gasteiger partial charge >= 0.3 is 6.18 Å². The summed E-state index contributed by atoms with van der Waals surface area (Å²) in [6.45, 7) is 5.20. The first-order valence-electron chi connectivity index (χ1n) is 11.0. The summed E-state index contributed by atoms with van der Waals surface area (Å²) in [5.41, 5.74) is -0.761. The summed E-state index contributed by atoms with van der Waals surface area (Å²) in [7, 11) is -4.25. The fourth-order valence-electron chi connectivity index (χ4n) is 3.80. The van der Waals surface area contributed by atoms with E-state index in [0.29, 0.717) is 19.8 Å². The molecule has 2 aromatic carbocycles. The van der Waals surface area contributed by atoms with Gasteiger partial charge in [0.25, 0.3) is 10.0 Å². The van der Waals surface area contributed by atoms with Crippen LogP contribution < -0.4 is 15.2 Å². The van der Waals surface area contributed by atoms with E-state index in [-0.39, 0.29) is 34.7 Å². The summed E-state index contributed by atoms with van der Waals surface area (Å²) < 4.78 is 86.8. The number of hydrazine groups is 1. The van der Waals surface area contributed by atoms with Crippen molar-refractivity contribution in [3.05, 3.63) is 53.8 Å². The number of halogens is 4. The van der Waals surface area contributed by atoms with Crippen molar-refractivity contribution >= 4 is 21.4 Å². The van der Waals surface area contributed by atoms with E-state index in [1.807, 2.05) is 0 Å². The van der Waals surface area contributed by atoms with Crippen molar-refractivity contribution in [1.29, 1.82) is 0 Å². The topological polar surface area (TPSA) is 75.9 Å². The van der Waals surface area contributed by atoms with Gasteiger partial charge in [0, 0.05) is 26.3 Å². The van der Waals surface area contributed by atoms with Gasteiger partial charge in [-0.3, -0.25) is 4.31 Å². The zero-order valence-corrected chi connectivity index (χ0v) is 19.9. The molecule has 1 aliphatic rings. The second-order valence-electron chi connectivity index (χ2n) is 8.80. The molecule has 0 atom stereocenters. The van der Waals surface area contributed by atoms with Crippen LogP contribution in [0.15, 0.2) is 47.4 Å². The lowest BCUT2D eigenvalue weighted by molar-refractivity contribution is -0.137. The Labute approximate surface area is 197 Å². The Kier molecular flexibility index (Phi) is 8.10. The summed E-state index contributed by atoms with van der Waals surface area (Å²) in [6, 6.07) is 7.31. The molecule has 3 rings (SSSR count). The molecule has 1 saturated heterocycles. The van der Waals surface area contributed by atoms with Crippen LogP contribution in [-0.4, -0.2) is 34.7 Å². The zero-order chi connectivity index (χ0) is 25.1. The van der Waals surface area contributed by atoms with E-state index in [4.69, 9.17) is 10.6 Å². The van der Waals surface area contributed by atoms with E-state index in [0.717, 1.165) is 47.5 Å². The van der Waals surface area contributed by atoms with Crippen molar-refractivity contribution in [3.63, 3.8) is 0 Å². The molecule has 11 heteroatoms. The molecule has 0 spiro atoms. The molecule has 6 nitrogen and oxygen atoms in total. The molecule has 1 fully saturated rings. The minimum Gasteiger partial charge on any atom is -0.381 e. The number of rotatable bonds is 8. The summed E-state index contributed by atoms with van der Waals surface area (Å²) in [5.74, 6) is 5.35. The van der Waals surface area contributed by atoms with E-state index in [2.05, 4.69) is 0 Å². The van der Waals surface area contributed by atoms with Crippen LogP contribution in [-0.2, 0) is 20.9 Å². The Bertz CT molecular complexity index is 1070. The van der Waals surface area contributed by atoms with E-state index >= 15 is 0 Å². The van der Waals surface area contributed by atoms with Crippen LogP contribution in [0.5, 0.6) is 0 Å². The zero-order valence-electron chi connectivity index (χ0n) is 19.1. The number of nitrogens with zero attached hydrogens (tertiary/aromatic N) is 2. The molecular weight excluding hydrogens is 474 g/mol. The van der Waals surface area contributed by atoms with Gasteiger partial charge in [-0.2, -0.15) is 13.2 Å². The van der Waals surface area contributed by atoms with Crippen LogP contribution in [0.2, 0.25) is 0 Å². The molecule has 1 aliphatic heterocycles. The highest BCUT2D eigenvalue weighted by atomic mass is 32.2. The molecule has 0 radical (unpaired) electrons. The van der Waals surface area contributed by atoms with Crippen molar-refractivity contribution in [2.45, 2.75) is 37.8 Å². The predicted molar refractivity (Wildman–Crippen MR) is 122 cm³/mol. The van der Waals surface area contributed by atoms with Gasteiger partial charge in [0.05, 0.1) is 21.8 Å². The Hall–Kier alpha value is -2.37. The monoisotopic (exact) mass is 503 g/mol. The molecule has 34 heavy (non-hydrogen) atoms. The van der Waals surface area contributed by atoms with Gasteiger partial charge < -0.3 is 9.75 Å². The molecule has 2 N–H and O–H groups in total. The van der Waals surface area contributed by atoms with Crippen LogP contribution in [0, 0.1) is 17.7 Å². The van der Waals surface area contributed by atoms with Gasteiger partial charge in [0.15, 0.2) is 0 Å². The lowest BCUT2D eigenvalue weighted by Gasteiger charge is -2.29. The predicted octanol–water partition coefficient (Wildman–Crippen LogP) is 4.80. The Morgan fingerprint density at radius 3 is 2.24 bits per heavy atom. The number of alkyl halides is 3. The number of ether oxygens (including phenoxy) is 1. The van der Waals surface area contributed by atoms with Gasteiger partial charge in [-0.05, 0) is 67.1 Å². The van der Waals surface area contributed by atoms with Crippen LogP contribution in [0.25, 0.3) is 0 Å². The average molecular weight is 504 g/mol. The van der Waals surface area contributed by atoms with E-state index in [1.54, 1.807) is 13.8 Å². The molecule has 0 aromatic heterocycles. The van der Waals surface area contributed by atoms with E-state index in [1.165, 1.54) is 17.1 Å². The molecule has 0 amide bonds. The minimum atomic E-state index is -4.54. The Morgan fingerprint density at radius 2 is 1.71 bits per heavy atom. The maximum absolute atomic E-state index is 14.9. The van der Waals surface area contributed by atoms with Gasteiger partial charge in [0.2, 0.25) is 0 Å². The van der Waals surface area contributed by atoms with Gasteiger partial charge in [-0.15, -0.1) is 0 Å². The second kappa shape index (κ2) is 10.5. The number of sulfonamides is 1. The van der Waals surface area contributed by atoms with Crippen molar-refractivity contribution in [2.75, 3.05) is 35.6 Å². The first kappa shape index (κ1) is 26.2. The van der Waals surface area contributed by atoms with E-state index in [9.17, 15) is 26.0 Å². The third-order valence-electron chi connectivity index (χ3n) is 5.63. The highest BCUT2D eigenvalue weighted by Crippen LogP contribution is 2.33. The SMILES string of the molecule is CC(C)CN(c1ccc(C(F)(F)F)cc1)S(=O)(=O)c1ccc(N(N)CC2CCOCC2)c(F)c1. The number of benzene rings is 2. The molecule has 1 heterocycles. The van der Waals surface area contributed by atoms with Crippen molar-refractivity contribution in [1.82, 2.24) is 0 Å². The minimum absolute atomic E-state index is 0.00380. The normalized spacial score (nSPS) is 15.5. The van der Waals surface area contributed by atoms with Crippen LogP contribution >= 0.6 is 0 Å². The fourth-order valence-corrected chi connectivity index (χ4v) is 5.44.